The third-order valence-electron chi connectivity index (χ3n) is 10.5. The molecule has 0 N–H and O–H groups in total. The summed E-state index contributed by atoms with van der Waals surface area (Å²) in [7, 11) is 0. The molecule has 54 heavy (non-hydrogen) atoms. The van der Waals surface area contributed by atoms with Crippen LogP contribution in [0.15, 0.2) is 217 Å². The van der Waals surface area contributed by atoms with Crippen LogP contribution in [0.1, 0.15) is 0 Å². The van der Waals surface area contributed by atoms with E-state index in [1.807, 2.05) is 12.1 Å². The van der Waals surface area contributed by atoms with Crippen molar-refractivity contribution in [3.8, 4) is 44.5 Å². The molecular formula is C52H35NO. The highest BCUT2D eigenvalue weighted by Gasteiger charge is 2.18. The van der Waals surface area contributed by atoms with Crippen LogP contribution in [0.2, 0.25) is 0 Å². The van der Waals surface area contributed by atoms with E-state index in [0.29, 0.717) is 0 Å². The Bertz CT molecular complexity index is 2900. The molecule has 1 heterocycles. The second kappa shape index (κ2) is 13.4. The van der Waals surface area contributed by atoms with Gasteiger partial charge in [0.05, 0.1) is 5.69 Å². The maximum atomic E-state index is 6.40. The van der Waals surface area contributed by atoms with Crippen molar-refractivity contribution in [3.05, 3.63) is 212 Å². The predicted octanol–water partition coefficient (Wildman–Crippen LogP) is 14.9. The van der Waals surface area contributed by atoms with E-state index in [0.717, 1.165) is 50.1 Å². The van der Waals surface area contributed by atoms with E-state index in [9.17, 15) is 0 Å². The van der Waals surface area contributed by atoms with Gasteiger partial charge in [0.2, 0.25) is 0 Å². The van der Waals surface area contributed by atoms with Gasteiger partial charge in [-0.25, -0.2) is 0 Å². The number of hydrogen-bond donors (Lipinski definition) is 0. The zero-order valence-electron chi connectivity index (χ0n) is 29.6. The first kappa shape index (κ1) is 31.6. The maximum Gasteiger partial charge on any atom is 0.143 e. The summed E-state index contributed by atoms with van der Waals surface area (Å²) >= 11 is 0. The fraction of sp³-hybridized carbons (Fsp3) is 0. The molecule has 0 aliphatic rings. The van der Waals surface area contributed by atoms with Crippen LogP contribution in [0.4, 0.5) is 17.1 Å². The number of benzene rings is 9. The van der Waals surface area contributed by atoms with Crippen molar-refractivity contribution < 1.29 is 4.42 Å². The molecule has 0 fully saturated rings. The zero-order chi connectivity index (χ0) is 35.8. The molecule has 2 heteroatoms. The molecule has 1 aromatic heterocycles. The zero-order valence-corrected chi connectivity index (χ0v) is 29.6. The van der Waals surface area contributed by atoms with Crippen LogP contribution in [0.3, 0.4) is 0 Å². The number of para-hydroxylation sites is 2. The summed E-state index contributed by atoms with van der Waals surface area (Å²) < 4.78 is 6.40. The minimum atomic E-state index is 0.908. The van der Waals surface area contributed by atoms with Crippen LogP contribution >= 0.6 is 0 Å². The van der Waals surface area contributed by atoms with Crippen molar-refractivity contribution >= 4 is 49.8 Å². The molecule has 254 valence electrons. The number of hydrogen-bond acceptors (Lipinski definition) is 2. The van der Waals surface area contributed by atoms with E-state index in [4.69, 9.17) is 4.42 Å². The van der Waals surface area contributed by atoms with Gasteiger partial charge in [-0.1, -0.05) is 170 Å². The average Bonchev–Trinajstić information content (AvgIpc) is 3.64. The third-order valence-corrected chi connectivity index (χ3v) is 10.5. The van der Waals surface area contributed by atoms with E-state index < -0.39 is 0 Å². The number of nitrogens with zero attached hydrogens (tertiary/aromatic N) is 1. The summed E-state index contributed by atoms with van der Waals surface area (Å²) in [6.07, 6.45) is 0. The Kier molecular flexibility index (Phi) is 7.85. The Balaban J connectivity index is 1.06. The second-order valence-electron chi connectivity index (χ2n) is 13.7. The Hall–Kier alpha value is -7.16. The van der Waals surface area contributed by atoms with E-state index >= 15 is 0 Å². The molecule has 0 amide bonds. The summed E-state index contributed by atoms with van der Waals surface area (Å²) in [5, 5.41) is 4.68. The molecule has 10 aromatic rings. The quantitative estimate of drug-likeness (QED) is 0.166. The Morgan fingerprint density at radius 3 is 1.59 bits per heavy atom. The molecule has 0 unspecified atom stereocenters. The summed E-state index contributed by atoms with van der Waals surface area (Å²) in [5.74, 6) is 0. The first-order valence-corrected chi connectivity index (χ1v) is 18.4. The fourth-order valence-corrected chi connectivity index (χ4v) is 7.85. The maximum absolute atomic E-state index is 6.40. The van der Waals surface area contributed by atoms with E-state index in [2.05, 4.69) is 205 Å². The van der Waals surface area contributed by atoms with Gasteiger partial charge in [0.25, 0.3) is 0 Å². The van der Waals surface area contributed by atoms with Crippen LogP contribution in [0.25, 0.3) is 77.2 Å². The van der Waals surface area contributed by atoms with Crippen molar-refractivity contribution in [1.82, 2.24) is 0 Å². The lowest BCUT2D eigenvalue weighted by atomic mass is 9.91. The molecule has 0 aliphatic heterocycles. The van der Waals surface area contributed by atoms with Crippen LogP contribution in [-0.2, 0) is 0 Å². The minimum absolute atomic E-state index is 0.908. The highest BCUT2D eigenvalue weighted by molar-refractivity contribution is 6.09. The van der Waals surface area contributed by atoms with Gasteiger partial charge < -0.3 is 9.32 Å². The van der Waals surface area contributed by atoms with Crippen molar-refractivity contribution in [2.24, 2.45) is 0 Å². The Morgan fingerprint density at radius 2 is 0.852 bits per heavy atom. The van der Waals surface area contributed by atoms with Gasteiger partial charge in [-0.2, -0.15) is 0 Å². The molecule has 9 aromatic carbocycles. The molecule has 0 spiro atoms. The molecule has 0 bridgehead atoms. The number of fused-ring (bicyclic) bond motifs is 4. The standard InChI is InChI=1S/C52H35NO/c1-3-13-37(14-4-1)44-34-29-41(35-49(44)39-15-5-2-6-16-39)36-25-30-42(31-26-36)53(50-23-11-18-38-17-7-8-19-45(38)50)43-32-27-40(28-33-43)46-21-12-22-48-47-20-9-10-24-51(47)54-52(46)48/h1-35H. The highest BCUT2D eigenvalue weighted by atomic mass is 16.3. The first-order chi connectivity index (χ1) is 26.8. The Morgan fingerprint density at radius 1 is 0.315 bits per heavy atom. The summed E-state index contributed by atoms with van der Waals surface area (Å²) in [4.78, 5) is 2.37. The molecule has 10 rings (SSSR count). The predicted molar refractivity (Wildman–Crippen MR) is 228 cm³/mol. The monoisotopic (exact) mass is 689 g/mol. The lowest BCUT2D eigenvalue weighted by molar-refractivity contribution is 0.670. The highest BCUT2D eigenvalue weighted by Crippen LogP contribution is 2.42. The average molecular weight is 690 g/mol. The van der Waals surface area contributed by atoms with Crippen molar-refractivity contribution in [1.29, 1.82) is 0 Å². The summed E-state index contributed by atoms with van der Waals surface area (Å²) in [6, 6.07) is 75.8. The third kappa shape index (κ3) is 5.62. The fourth-order valence-electron chi connectivity index (χ4n) is 7.85. The van der Waals surface area contributed by atoms with Crippen molar-refractivity contribution in [2.45, 2.75) is 0 Å². The topological polar surface area (TPSA) is 16.4 Å². The molecular weight excluding hydrogens is 655 g/mol. The van der Waals surface area contributed by atoms with Crippen LogP contribution in [0.5, 0.6) is 0 Å². The molecule has 0 aliphatic carbocycles. The van der Waals surface area contributed by atoms with Crippen molar-refractivity contribution in [3.63, 3.8) is 0 Å². The molecule has 0 radical (unpaired) electrons. The molecule has 0 saturated carbocycles. The van der Waals surface area contributed by atoms with Gasteiger partial charge in [0.15, 0.2) is 0 Å². The normalized spacial score (nSPS) is 11.3. The van der Waals surface area contributed by atoms with Gasteiger partial charge in [-0.3, -0.25) is 0 Å². The first-order valence-electron chi connectivity index (χ1n) is 18.4. The smallest absolute Gasteiger partial charge is 0.143 e. The van der Waals surface area contributed by atoms with Gasteiger partial charge >= 0.3 is 0 Å². The molecule has 0 atom stereocenters. The number of rotatable bonds is 7. The van der Waals surface area contributed by atoms with Gasteiger partial charge in [0.1, 0.15) is 11.2 Å². The second-order valence-corrected chi connectivity index (χ2v) is 13.7. The van der Waals surface area contributed by atoms with Crippen LogP contribution in [0, 0.1) is 0 Å². The molecule has 0 saturated heterocycles. The summed E-state index contributed by atoms with van der Waals surface area (Å²) in [5.41, 5.74) is 14.5. The largest absolute Gasteiger partial charge is 0.455 e. The minimum Gasteiger partial charge on any atom is -0.455 e. The van der Waals surface area contributed by atoms with E-state index in [1.165, 1.54) is 44.2 Å². The Labute approximate surface area is 314 Å². The van der Waals surface area contributed by atoms with E-state index in [-0.39, 0.29) is 0 Å². The summed E-state index contributed by atoms with van der Waals surface area (Å²) in [6.45, 7) is 0. The molecule has 2 nitrogen and oxygen atoms in total. The SMILES string of the molecule is c1ccc(-c2ccc(-c3ccc(N(c4ccc(-c5cccc6c5oc5ccccc56)cc4)c4cccc5ccccc45)cc3)cc2-c2ccccc2)cc1. The number of furan rings is 1. The van der Waals surface area contributed by atoms with Gasteiger partial charge in [-0.05, 0) is 86.8 Å². The van der Waals surface area contributed by atoms with E-state index in [1.54, 1.807) is 0 Å². The van der Waals surface area contributed by atoms with Crippen molar-refractivity contribution in [2.75, 3.05) is 4.90 Å². The van der Waals surface area contributed by atoms with Gasteiger partial charge in [0, 0.05) is 33.1 Å². The van der Waals surface area contributed by atoms with Gasteiger partial charge in [-0.15, -0.1) is 0 Å². The van der Waals surface area contributed by atoms with Crippen LogP contribution < -0.4 is 4.90 Å². The number of anilines is 3. The lowest BCUT2D eigenvalue weighted by Crippen LogP contribution is -2.10. The lowest BCUT2D eigenvalue weighted by Gasteiger charge is -2.27. The van der Waals surface area contributed by atoms with Crippen LogP contribution in [-0.4, -0.2) is 0 Å².